The molecular formula is C10H16ClNO2. The smallest absolute Gasteiger partial charge is 0.118 e. The first-order chi connectivity index (χ1) is 6.15. The quantitative estimate of drug-likeness (QED) is 0.719. The lowest BCUT2D eigenvalue weighted by Gasteiger charge is -2.11. The van der Waals surface area contributed by atoms with E-state index in [-0.39, 0.29) is 30.8 Å². The van der Waals surface area contributed by atoms with Crippen LogP contribution in [0.25, 0.3) is 0 Å². The molecule has 14 heavy (non-hydrogen) atoms. The number of aryl methyl sites for hydroxylation is 1. The van der Waals surface area contributed by atoms with Crippen molar-refractivity contribution in [2.45, 2.75) is 19.4 Å². The Labute approximate surface area is 90.0 Å². The number of aromatic hydroxyl groups is 1. The summed E-state index contributed by atoms with van der Waals surface area (Å²) in [6.45, 7) is 1.91. The molecule has 4 N–H and O–H groups in total. The summed E-state index contributed by atoms with van der Waals surface area (Å²) in [5.74, 6) is 0.278. The van der Waals surface area contributed by atoms with Gasteiger partial charge in [-0.25, -0.2) is 0 Å². The minimum atomic E-state index is -0.149. The summed E-state index contributed by atoms with van der Waals surface area (Å²) in [5, 5.41) is 18.0. The van der Waals surface area contributed by atoms with Crippen molar-refractivity contribution in [2.75, 3.05) is 6.61 Å². The van der Waals surface area contributed by atoms with E-state index in [0.717, 1.165) is 11.1 Å². The highest BCUT2D eigenvalue weighted by atomic mass is 35.5. The third kappa shape index (κ3) is 3.18. The van der Waals surface area contributed by atoms with Gasteiger partial charge in [-0.05, 0) is 30.5 Å². The second-order valence-corrected chi connectivity index (χ2v) is 3.16. The molecule has 0 amide bonds. The number of phenols is 1. The van der Waals surface area contributed by atoms with Crippen LogP contribution in [0.1, 0.15) is 23.6 Å². The van der Waals surface area contributed by atoms with Crippen LogP contribution in [0.5, 0.6) is 5.75 Å². The number of hydrogen-bond donors (Lipinski definition) is 3. The van der Waals surface area contributed by atoms with Gasteiger partial charge in [0.15, 0.2) is 0 Å². The maximum atomic E-state index is 9.27. The van der Waals surface area contributed by atoms with Crippen LogP contribution in [0.4, 0.5) is 0 Å². The van der Waals surface area contributed by atoms with Gasteiger partial charge < -0.3 is 15.9 Å². The van der Waals surface area contributed by atoms with Crippen molar-refractivity contribution in [1.82, 2.24) is 0 Å². The Bertz CT molecular complexity index is 291. The van der Waals surface area contributed by atoms with E-state index in [2.05, 4.69) is 0 Å². The van der Waals surface area contributed by atoms with E-state index in [1.54, 1.807) is 12.1 Å². The molecular weight excluding hydrogens is 202 g/mol. The van der Waals surface area contributed by atoms with Gasteiger partial charge in [-0.2, -0.15) is 0 Å². The van der Waals surface area contributed by atoms with Crippen molar-refractivity contribution < 1.29 is 10.2 Å². The predicted octanol–water partition coefficient (Wildman–Crippen LogP) is 1.50. The summed E-state index contributed by atoms with van der Waals surface area (Å²) in [6, 6.07) is 5.10. The fraction of sp³-hybridized carbons (Fsp3) is 0.400. The molecule has 0 aliphatic heterocycles. The first-order valence-electron chi connectivity index (χ1n) is 4.31. The summed E-state index contributed by atoms with van der Waals surface area (Å²) in [5.41, 5.74) is 7.54. The van der Waals surface area contributed by atoms with Gasteiger partial charge in [0.05, 0.1) is 0 Å². The minimum absolute atomic E-state index is 0. The molecule has 0 aliphatic carbocycles. The van der Waals surface area contributed by atoms with Gasteiger partial charge in [-0.3, -0.25) is 0 Å². The molecule has 1 atom stereocenters. The van der Waals surface area contributed by atoms with Crippen LogP contribution in [0.15, 0.2) is 18.2 Å². The first-order valence-corrected chi connectivity index (χ1v) is 4.31. The lowest BCUT2D eigenvalue weighted by molar-refractivity contribution is 0.276. The van der Waals surface area contributed by atoms with Gasteiger partial charge in [0.2, 0.25) is 0 Å². The Morgan fingerprint density at radius 3 is 2.57 bits per heavy atom. The van der Waals surface area contributed by atoms with Crippen LogP contribution in [-0.4, -0.2) is 16.8 Å². The van der Waals surface area contributed by atoms with E-state index < -0.39 is 0 Å². The fourth-order valence-corrected chi connectivity index (χ4v) is 1.22. The molecule has 0 aromatic heterocycles. The Kier molecular flexibility index (Phi) is 5.53. The van der Waals surface area contributed by atoms with Crippen LogP contribution in [0, 0.1) is 6.92 Å². The molecule has 1 rings (SSSR count). The molecule has 3 nitrogen and oxygen atoms in total. The Morgan fingerprint density at radius 1 is 1.43 bits per heavy atom. The molecule has 4 heteroatoms. The molecule has 0 fully saturated rings. The Morgan fingerprint density at radius 2 is 2.07 bits per heavy atom. The van der Waals surface area contributed by atoms with Gasteiger partial charge in [-0.15, -0.1) is 12.4 Å². The number of nitrogens with two attached hydrogens (primary N) is 1. The van der Waals surface area contributed by atoms with Crippen molar-refractivity contribution in [3.63, 3.8) is 0 Å². The lowest BCUT2D eigenvalue weighted by atomic mass is 10.0. The van der Waals surface area contributed by atoms with Crippen molar-refractivity contribution in [3.05, 3.63) is 29.3 Å². The maximum absolute atomic E-state index is 9.27. The average Bonchev–Trinajstić information content (AvgIpc) is 2.10. The summed E-state index contributed by atoms with van der Waals surface area (Å²) in [4.78, 5) is 0. The van der Waals surface area contributed by atoms with E-state index in [9.17, 15) is 5.11 Å². The predicted molar refractivity (Wildman–Crippen MR) is 58.7 cm³/mol. The highest BCUT2D eigenvalue weighted by molar-refractivity contribution is 5.85. The van der Waals surface area contributed by atoms with E-state index in [4.69, 9.17) is 10.8 Å². The van der Waals surface area contributed by atoms with Crippen LogP contribution < -0.4 is 5.73 Å². The highest BCUT2D eigenvalue weighted by Gasteiger charge is 2.06. The number of aliphatic hydroxyl groups is 1. The van der Waals surface area contributed by atoms with Crippen LogP contribution >= 0.6 is 12.4 Å². The molecule has 0 heterocycles. The standard InChI is InChI=1S/C10H15NO2.ClH/c1-7-6-8(2-3-10(7)13)9(11)4-5-12;/h2-3,6,9,12-13H,4-5,11H2,1H3;1H/t9-;/m0./s1. The molecule has 0 bridgehead atoms. The molecule has 1 aromatic carbocycles. The maximum Gasteiger partial charge on any atom is 0.118 e. The van der Waals surface area contributed by atoms with Crippen molar-refractivity contribution in [3.8, 4) is 5.75 Å². The van der Waals surface area contributed by atoms with Crippen molar-refractivity contribution in [1.29, 1.82) is 0 Å². The van der Waals surface area contributed by atoms with Crippen molar-refractivity contribution >= 4 is 12.4 Å². The normalized spacial score (nSPS) is 11.9. The molecule has 1 aromatic rings. The Hall–Kier alpha value is -0.770. The number of hydrogen-bond acceptors (Lipinski definition) is 3. The van der Waals surface area contributed by atoms with E-state index in [1.165, 1.54) is 0 Å². The van der Waals surface area contributed by atoms with Gasteiger partial charge in [0.1, 0.15) is 5.75 Å². The summed E-state index contributed by atoms with van der Waals surface area (Å²) in [6.07, 6.45) is 0.546. The molecule has 80 valence electrons. The molecule has 0 spiro atoms. The van der Waals surface area contributed by atoms with E-state index >= 15 is 0 Å². The van der Waals surface area contributed by atoms with E-state index in [1.807, 2.05) is 13.0 Å². The topological polar surface area (TPSA) is 66.5 Å². The molecule has 0 saturated heterocycles. The number of aliphatic hydroxyl groups excluding tert-OH is 1. The number of benzene rings is 1. The average molecular weight is 218 g/mol. The van der Waals surface area contributed by atoms with Gasteiger partial charge >= 0.3 is 0 Å². The van der Waals surface area contributed by atoms with Crippen LogP contribution in [0.2, 0.25) is 0 Å². The third-order valence-electron chi connectivity index (χ3n) is 2.09. The zero-order valence-corrected chi connectivity index (χ0v) is 8.92. The number of halogens is 1. The first kappa shape index (κ1) is 13.2. The largest absolute Gasteiger partial charge is 0.508 e. The molecule has 0 aliphatic rings. The lowest BCUT2D eigenvalue weighted by Crippen LogP contribution is -2.11. The second kappa shape index (κ2) is 5.86. The van der Waals surface area contributed by atoms with Gasteiger partial charge in [-0.1, -0.05) is 12.1 Å². The fourth-order valence-electron chi connectivity index (χ4n) is 1.22. The highest BCUT2D eigenvalue weighted by Crippen LogP contribution is 2.21. The van der Waals surface area contributed by atoms with E-state index in [0.29, 0.717) is 6.42 Å². The van der Waals surface area contributed by atoms with Crippen molar-refractivity contribution in [2.24, 2.45) is 5.73 Å². The summed E-state index contributed by atoms with van der Waals surface area (Å²) < 4.78 is 0. The SMILES string of the molecule is Cc1cc([C@@H](N)CCO)ccc1O.Cl. The molecule has 0 saturated carbocycles. The third-order valence-corrected chi connectivity index (χ3v) is 2.09. The summed E-state index contributed by atoms with van der Waals surface area (Å²) >= 11 is 0. The van der Waals surface area contributed by atoms with Gasteiger partial charge in [0.25, 0.3) is 0 Å². The second-order valence-electron chi connectivity index (χ2n) is 3.16. The number of phenolic OH excluding ortho intramolecular Hbond substituents is 1. The molecule has 0 radical (unpaired) electrons. The minimum Gasteiger partial charge on any atom is -0.508 e. The zero-order chi connectivity index (χ0) is 9.84. The monoisotopic (exact) mass is 217 g/mol. The summed E-state index contributed by atoms with van der Waals surface area (Å²) in [7, 11) is 0. The van der Waals surface area contributed by atoms with Gasteiger partial charge in [0, 0.05) is 12.6 Å². The zero-order valence-electron chi connectivity index (χ0n) is 8.10. The number of rotatable bonds is 3. The van der Waals surface area contributed by atoms with Crippen LogP contribution in [-0.2, 0) is 0 Å². The Balaban J connectivity index is 0.00000169. The molecule has 0 unspecified atom stereocenters. The van der Waals surface area contributed by atoms with Crippen LogP contribution in [0.3, 0.4) is 0 Å².